The summed E-state index contributed by atoms with van der Waals surface area (Å²) in [5.41, 5.74) is 2.58. The van der Waals surface area contributed by atoms with Crippen LogP contribution in [0.3, 0.4) is 0 Å². The first kappa shape index (κ1) is 20.7. The number of carbonyl (C=O) groups excluding carboxylic acids is 1. The Morgan fingerprint density at radius 1 is 1.00 bits per heavy atom. The van der Waals surface area contributed by atoms with Gasteiger partial charge in [0.05, 0.1) is 17.2 Å². The number of nitrogens with one attached hydrogen (secondary N) is 1. The molecule has 2 heterocycles. The molecule has 2 aliphatic rings. The molecule has 1 amide bonds. The molecule has 1 aromatic carbocycles. The zero-order valence-corrected chi connectivity index (χ0v) is 18.6. The molecule has 1 N–H and O–H groups in total. The molecule has 32 heavy (non-hydrogen) atoms. The topological polar surface area (TPSA) is 81.8 Å². The Balaban J connectivity index is 1.25. The Morgan fingerprint density at radius 3 is 2.34 bits per heavy atom. The van der Waals surface area contributed by atoms with Crippen LogP contribution in [0.25, 0.3) is 5.82 Å². The number of hydrogen-bond acceptors (Lipinski definition) is 4. The highest BCUT2D eigenvalue weighted by molar-refractivity contribution is 5.91. The van der Waals surface area contributed by atoms with Gasteiger partial charge in [0.1, 0.15) is 0 Å². The number of nitrogens with zero attached hydrogens (tertiary/aromatic N) is 4. The fourth-order valence-corrected chi connectivity index (χ4v) is 4.97. The van der Waals surface area contributed by atoms with E-state index < -0.39 is 0 Å². The summed E-state index contributed by atoms with van der Waals surface area (Å²) >= 11 is 0. The van der Waals surface area contributed by atoms with Gasteiger partial charge >= 0.3 is 0 Å². The van der Waals surface area contributed by atoms with Crippen molar-refractivity contribution in [2.75, 3.05) is 0 Å². The van der Waals surface area contributed by atoms with Crippen LogP contribution in [0.5, 0.6) is 0 Å². The largest absolute Gasteiger partial charge is 0.353 e. The molecule has 166 valence electrons. The Morgan fingerprint density at radius 2 is 1.72 bits per heavy atom. The van der Waals surface area contributed by atoms with Gasteiger partial charge in [-0.05, 0) is 70.1 Å². The second kappa shape index (κ2) is 8.04. The third-order valence-corrected chi connectivity index (χ3v) is 6.93. The number of benzene rings is 1. The van der Waals surface area contributed by atoms with Gasteiger partial charge in [-0.25, -0.2) is 9.36 Å². The van der Waals surface area contributed by atoms with Crippen molar-refractivity contribution >= 4 is 5.91 Å². The van der Waals surface area contributed by atoms with E-state index in [0.717, 1.165) is 55.5 Å². The summed E-state index contributed by atoms with van der Waals surface area (Å²) in [5.74, 6) is 0.804. The highest BCUT2D eigenvalue weighted by Gasteiger charge is 2.51. The fourth-order valence-electron chi connectivity index (χ4n) is 4.97. The minimum absolute atomic E-state index is 0.0385. The average molecular weight is 432 g/mol. The van der Waals surface area contributed by atoms with E-state index in [1.165, 1.54) is 0 Å². The van der Waals surface area contributed by atoms with Crippen molar-refractivity contribution in [1.82, 2.24) is 24.9 Å². The summed E-state index contributed by atoms with van der Waals surface area (Å²) in [6, 6.07) is 15.6. The lowest BCUT2D eigenvalue weighted by molar-refractivity contribution is -0.124. The van der Waals surface area contributed by atoms with E-state index in [4.69, 9.17) is 0 Å². The van der Waals surface area contributed by atoms with E-state index >= 15 is 0 Å². The molecule has 7 heteroatoms. The van der Waals surface area contributed by atoms with Crippen molar-refractivity contribution in [2.45, 2.75) is 69.9 Å². The lowest BCUT2D eigenvalue weighted by Crippen LogP contribution is -2.44. The first-order chi connectivity index (χ1) is 15.5. The number of aromatic nitrogens is 4. The van der Waals surface area contributed by atoms with E-state index in [1.807, 2.05) is 38.1 Å². The molecule has 2 aromatic heterocycles. The van der Waals surface area contributed by atoms with Crippen molar-refractivity contribution in [3.63, 3.8) is 0 Å². The quantitative estimate of drug-likeness (QED) is 0.672. The molecular weight excluding hydrogens is 402 g/mol. The molecule has 0 radical (unpaired) electrons. The van der Waals surface area contributed by atoms with Crippen LogP contribution in [0, 0.1) is 13.8 Å². The molecule has 3 aromatic rings. The molecule has 0 saturated heterocycles. The van der Waals surface area contributed by atoms with E-state index in [2.05, 4.69) is 27.6 Å². The minimum Gasteiger partial charge on any atom is -0.353 e. The van der Waals surface area contributed by atoms with E-state index in [0.29, 0.717) is 5.82 Å². The van der Waals surface area contributed by atoms with Crippen LogP contribution in [-0.2, 0) is 10.2 Å². The first-order valence-electron chi connectivity index (χ1n) is 11.5. The Labute approximate surface area is 187 Å². The SMILES string of the molecule is Cc1cc(C)n(-c2ccc(=O)n(C3CCC(NC(=O)C4(c5ccccc5)CC4)CC3)n2)n1. The van der Waals surface area contributed by atoms with Gasteiger partial charge in [0.15, 0.2) is 5.82 Å². The Kier molecular flexibility index (Phi) is 5.19. The zero-order valence-electron chi connectivity index (χ0n) is 18.6. The van der Waals surface area contributed by atoms with Crippen LogP contribution >= 0.6 is 0 Å². The summed E-state index contributed by atoms with van der Waals surface area (Å²) in [5, 5.41) is 12.4. The Bertz CT molecular complexity index is 1180. The number of amides is 1. The maximum atomic E-state index is 13.0. The fraction of sp³-hybridized carbons (Fsp3) is 0.440. The monoisotopic (exact) mass is 431 g/mol. The lowest BCUT2D eigenvalue weighted by atomic mass is 9.89. The highest BCUT2D eigenvalue weighted by atomic mass is 16.2. The van der Waals surface area contributed by atoms with Crippen LogP contribution < -0.4 is 10.9 Å². The van der Waals surface area contributed by atoms with Crippen molar-refractivity contribution in [1.29, 1.82) is 0 Å². The predicted molar refractivity (Wildman–Crippen MR) is 122 cm³/mol. The van der Waals surface area contributed by atoms with Gasteiger partial charge in [0.25, 0.3) is 5.56 Å². The van der Waals surface area contributed by atoms with Gasteiger partial charge in [-0.15, -0.1) is 5.10 Å². The average Bonchev–Trinajstić information content (AvgIpc) is 3.55. The van der Waals surface area contributed by atoms with E-state index in [1.54, 1.807) is 21.5 Å². The van der Waals surface area contributed by atoms with Crippen LogP contribution in [0.1, 0.15) is 61.5 Å². The normalized spacial score (nSPS) is 21.8. The van der Waals surface area contributed by atoms with Gasteiger partial charge < -0.3 is 5.32 Å². The van der Waals surface area contributed by atoms with Crippen molar-refractivity contribution in [3.8, 4) is 5.82 Å². The van der Waals surface area contributed by atoms with Crippen molar-refractivity contribution in [2.24, 2.45) is 0 Å². The number of rotatable bonds is 5. The maximum absolute atomic E-state index is 13.0. The third-order valence-electron chi connectivity index (χ3n) is 6.93. The summed E-state index contributed by atoms with van der Waals surface area (Å²) in [6.45, 7) is 3.92. The summed E-state index contributed by atoms with van der Waals surface area (Å²) in [4.78, 5) is 25.6. The number of aryl methyl sites for hydroxylation is 2. The van der Waals surface area contributed by atoms with Gasteiger partial charge in [-0.3, -0.25) is 9.59 Å². The standard InChI is InChI=1S/C25H29N5O2/c1-17-16-18(2)29(27-17)22-12-13-23(31)30(28-22)21-10-8-20(9-11-21)26-24(32)25(14-15-25)19-6-4-3-5-7-19/h3-7,12-13,16,20-21H,8-11,14-15H2,1-2H3,(H,26,32). The van der Waals surface area contributed by atoms with Crippen LogP contribution in [0.4, 0.5) is 0 Å². The highest BCUT2D eigenvalue weighted by Crippen LogP contribution is 2.48. The molecule has 0 unspecified atom stereocenters. The molecule has 7 nitrogen and oxygen atoms in total. The predicted octanol–water partition coefficient (Wildman–Crippen LogP) is 3.38. The van der Waals surface area contributed by atoms with Gasteiger partial charge in [0.2, 0.25) is 5.91 Å². The second-order valence-corrected chi connectivity index (χ2v) is 9.24. The molecule has 2 saturated carbocycles. The van der Waals surface area contributed by atoms with Crippen LogP contribution in [0.2, 0.25) is 0 Å². The summed E-state index contributed by atoms with van der Waals surface area (Å²) < 4.78 is 3.38. The first-order valence-corrected chi connectivity index (χ1v) is 11.5. The van der Waals surface area contributed by atoms with Gasteiger partial charge in [-0.1, -0.05) is 30.3 Å². The van der Waals surface area contributed by atoms with E-state index in [-0.39, 0.29) is 29.0 Å². The summed E-state index contributed by atoms with van der Waals surface area (Å²) in [6.07, 6.45) is 5.15. The lowest BCUT2D eigenvalue weighted by Gasteiger charge is -2.31. The van der Waals surface area contributed by atoms with Crippen molar-refractivity contribution < 1.29 is 4.79 Å². The number of hydrogen-bond donors (Lipinski definition) is 1. The second-order valence-electron chi connectivity index (χ2n) is 9.24. The van der Waals surface area contributed by atoms with Crippen molar-refractivity contribution in [3.05, 3.63) is 75.8 Å². The molecular formula is C25H29N5O2. The minimum atomic E-state index is -0.343. The van der Waals surface area contributed by atoms with Crippen LogP contribution in [-0.4, -0.2) is 31.5 Å². The Hall–Kier alpha value is -3.22. The van der Waals surface area contributed by atoms with E-state index in [9.17, 15) is 9.59 Å². The zero-order chi connectivity index (χ0) is 22.3. The molecule has 5 rings (SSSR count). The molecule has 2 aliphatic carbocycles. The van der Waals surface area contributed by atoms with Crippen LogP contribution in [0.15, 0.2) is 53.3 Å². The van der Waals surface area contributed by atoms with Gasteiger partial charge in [-0.2, -0.15) is 5.10 Å². The number of carbonyl (C=O) groups is 1. The van der Waals surface area contributed by atoms with Gasteiger partial charge in [0, 0.05) is 17.8 Å². The molecule has 0 aliphatic heterocycles. The molecule has 0 bridgehead atoms. The molecule has 0 spiro atoms. The molecule has 2 fully saturated rings. The maximum Gasteiger partial charge on any atom is 0.267 e. The smallest absolute Gasteiger partial charge is 0.267 e. The summed E-state index contributed by atoms with van der Waals surface area (Å²) in [7, 11) is 0. The molecule has 0 atom stereocenters. The third kappa shape index (κ3) is 3.76.